The summed E-state index contributed by atoms with van der Waals surface area (Å²) in [5, 5.41) is 6.47. The minimum absolute atomic E-state index is 0.323. The van der Waals surface area contributed by atoms with Crippen LogP contribution in [0.1, 0.15) is 30.4 Å². The van der Waals surface area contributed by atoms with Gasteiger partial charge in [-0.25, -0.2) is 4.98 Å². The van der Waals surface area contributed by atoms with Crippen molar-refractivity contribution in [1.29, 1.82) is 0 Å². The molecule has 4 N–H and O–H groups in total. The topological polar surface area (TPSA) is 94.0 Å². The second kappa shape index (κ2) is 7.68. The van der Waals surface area contributed by atoms with Crippen LogP contribution in [0.4, 0.5) is 11.5 Å². The lowest BCUT2D eigenvalue weighted by Crippen LogP contribution is -2.41. The third-order valence-electron chi connectivity index (χ3n) is 4.91. The second-order valence-electron chi connectivity index (χ2n) is 7.07. The van der Waals surface area contributed by atoms with Crippen LogP contribution in [0.3, 0.4) is 0 Å². The average Bonchev–Trinajstić information content (AvgIpc) is 3.51. The second-order valence-corrected chi connectivity index (χ2v) is 8.77. The molecule has 1 saturated heterocycles. The van der Waals surface area contributed by atoms with Gasteiger partial charge in [-0.2, -0.15) is 0 Å². The zero-order valence-electron chi connectivity index (χ0n) is 15.3. The summed E-state index contributed by atoms with van der Waals surface area (Å²) in [5.41, 5.74) is 9.06. The lowest BCUT2D eigenvalue weighted by molar-refractivity contribution is -0.111. The lowest BCUT2D eigenvalue weighted by Gasteiger charge is -2.21. The number of nitrogens with two attached hydrogens (primary N) is 2. The molecule has 0 spiro atoms. The van der Waals surface area contributed by atoms with E-state index in [2.05, 4.69) is 9.88 Å². The molecule has 142 valence electrons. The molecule has 2 aromatic rings. The zero-order valence-corrected chi connectivity index (χ0v) is 16.1. The van der Waals surface area contributed by atoms with Gasteiger partial charge in [-0.05, 0) is 49.6 Å². The molecule has 0 radical (unpaired) electrons. The third kappa shape index (κ3) is 4.30. The number of nitrogens with zero attached hydrogens (tertiary/aromatic N) is 2. The molecule has 27 heavy (non-hydrogen) atoms. The fraction of sp³-hybridized carbons (Fsp3) is 0.400. The number of anilines is 2. The maximum Gasteiger partial charge on any atom is 0.213 e. The van der Waals surface area contributed by atoms with Gasteiger partial charge < -0.3 is 15.4 Å². The molecule has 7 heteroatoms. The molecule has 0 bridgehead atoms. The fourth-order valence-corrected chi connectivity index (χ4v) is 4.29. The van der Waals surface area contributed by atoms with E-state index < -0.39 is 10.8 Å². The first-order valence-corrected chi connectivity index (χ1v) is 10.8. The number of pyridine rings is 1. The molecule has 2 aliphatic rings. The number of benzene rings is 1. The van der Waals surface area contributed by atoms with Crippen molar-refractivity contribution in [3.63, 3.8) is 0 Å². The maximum atomic E-state index is 11.8. The van der Waals surface area contributed by atoms with E-state index in [1.807, 2.05) is 30.3 Å². The molecule has 0 amide bonds. The standard InChI is InChI=1S/C20H24N4O2S/c21-18-5-4-16(26-15-2-3-15)13-17(18)20(22)14-6-7-23-19(12-14)24-8-1-10-27(25)11-9-24/h4-7,12-13,15,22H,1-3,8-11,21H2/p+1. The van der Waals surface area contributed by atoms with E-state index in [9.17, 15) is 4.21 Å². The molecular weight excluding hydrogens is 360 g/mol. The molecule has 1 unspecified atom stereocenters. The fourth-order valence-electron chi connectivity index (χ4n) is 3.21. The van der Waals surface area contributed by atoms with Gasteiger partial charge in [0.2, 0.25) is 5.71 Å². The number of hydrogen-bond donors (Lipinski definition) is 2. The van der Waals surface area contributed by atoms with Crippen LogP contribution in [0.25, 0.3) is 0 Å². The summed E-state index contributed by atoms with van der Waals surface area (Å²) in [6.07, 6.45) is 5.20. The molecule has 1 aromatic heterocycles. The van der Waals surface area contributed by atoms with Crippen molar-refractivity contribution < 1.29 is 14.4 Å². The van der Waals surface area contributed by atoms with Gasteiger partial charge in [0, 0.05) is 47.3 Å². The van der Waals surface area contributed by atoms with E-state index in [1.165, 1.54) is 0 Å². The predicted molar refractivity (Wildman–Crippen MR) is 109 cm³/mol. The van der Waals surface area contributed by atoms with Gasteiger partial charge >= 0.3 is 0 Å². The SMILES string of the molecule is Nc1ccc(OC2CC2)cc1C(=[NH2+])c1ccnc(N2CCCS(=O)CC2)c1. The highest BCUT2D eigenvalue weighted by Gasteiger charge is 2.25. The highest BCUT2D eigenvalue weighted by Crippen LogP contribution is 2.29. The van der Waals surface area contributed by atoms with Gasteiger partial charge in [-0.15, -0.1) is 0 Å². The number of rotatable bonds is 5. The number of ether oxygens (including phenoxy) is 1. The van der Waals surface area contributed by atoms with Crippen LogP contribution in [0, 0.1) is 0 Å². The Morgan fingerprint density at radius 2 is 2.07 bits per heavy atom. The van der Waals surface area contributed by atoms with Crippen LogP contribution in [0.2, 0.25) is 0 Å². The Morgan fingerprint density at radius 1 is 1.22 bits per heavy atom. The minimum Gasteiger partial charge on any atom is -0.490 e. The van der Waals surface area contributed by atoms with Crippen LogP contribution in [-0.2, 0) is 10.8 Å². The largest absolute Gasteiger partial charge is 0.490 e. The normalized spacial score (nSPS) is 20.1. The molecule has 2 fully saturated rings. The van der Waals surface area contributed by atoms with Gasteiger partial charge in [-0.3, -0.25) is 9.62 Å². The molecule has 1 aliphatic heterocycles. The van der Waals surface area contributed by atoms with Crippen molar-refractivity contribution in [3.05, 3.63) is 47.7 Å². The van der Waals surface area contributed by atoms with Gasteiger partial charge in [0.1, 0.15) is 11.6 Å². The summed E-state index contributed by atoms with van der Waals surface area (Å²) in [6.45, 7) is 1.60. The van der Waals surface area contributed by atoms with E-state index in [1.54, 1.807) is 6.20 Å². The van der Waals surface area contributed by atoms with E-state index in [0.29, 0.717) is 23.3 Å². The molecule has 4 rings (SSSR count). The van der Waals surface area contributed by atoms with Crippen LogP contribution in [-0.4, -0.2) is 45.6 Å². The maximum absolute atomic E-state index is 11.8. The molecule has 2 heterocycles. The van der Waals surface area contributed by atoms with Gasteiger partial charge in [0.05, 0.1) is 17.2 Å². The highest BCUT2D eigenvalue weighted by molar-refractivity contribution is 7.85. The van der Waals surface area contributed by atoms with Crippen molar-refractivity contribution in [2.75, 3.05) is 35.2 Å². The average molecular weight is 386 g/mol. The van der Waals surface area contributed by atoms with Crippen molar-refractivity contribution in [3.8, 4) is 5.75 Å². The predicted octanol–water partition coefficient (Wildman–Crippen LogP) is 0.760. The Kier molecular flexibility index (Phi) is 5.11. The third-order valence-corrected chi connectivity index (χ3v) is 6.29. The first-order chi connectivity index (χ1) is 13.1. The number of nitrogen functional groups attached to an aromatic ring is 1. The van der Waals surface area contributed by atoms with E-state index in [-0.39, 0.29) is 0 Å². The molecule has 1 atom stereocenters. The highest BCUT2D eigenvalue weighted by atomic mass is 32.2. The molecule has 1 saturated carbocycles. The number of hydrogen-bond acceptors (Lipinski definition) is 5. The lowest BCUT2D eigenvalue weighted by atomic mass is 10.0. The first-order valence-electron chi connectivity index (χ1n) is 9.35. The van der Waals surface area contributed by atoms with Crippen LogP contribution >= 0.6 is 0 Å². The van der Waals surface area contributed by atoms with E-state index >= 15 is 0 Å². The number of aromatic nitrogens is 1. The van der Waals surface area contributed by atoms with Crippen molar-refractivity contribution in [2.24, 2.45) is 0 Å². The molecule has 6 nitrogen and oxygen atoms in total. The smallest absolute Gasteiger partial charge is 0.213 e. The Labute approximate surface area is 161 Å². The molecule has 1 aromatic carbocycles. The van der Waals surface area contributed by atoms with Crippen molar-refractivity contribution in [2.45, 2.75) is 25.4 Å². The Hall–Kier alpha value is -2.41. The summed E-state index contributed by atoms with van der Waals surface area (Å²) in [6, 6.07) is 9.52. The summed E-state index contributed by atoms with van der Waals surface area (Å²) < 4.78 is 17.7. The van der Waals surface area contributed by atoms with Gasteiger partial charge in [-0.1, -0.05) is 0 Å². The quantitative estimate of drug-likeness (QED) is 0.585. The first kappa shape index (κ1) is 18.0. The van der Waals surface area contributed by atoms with Crippen molar-refractivity contribution in [1.82, 2.24) is 4.98 Å². The minimum atomic E-state index is -0.731. The van der Waals surface area contributed by atoms with Crippen molar-refractivity contribution >= 4 is 28.0 Å². The van der Waals surface area contributed by atoms with E-state index in [4.69, 9.17) is 15.9 Å². The van der Waals surface area contributed by atoms with Gasteiger partial charge in [0.25, 0.3) is 0 Å². The zero-order chi connectivity index (χ0) is 18.8. The summed E-state index contributed by atoms with van der Waals surface area (Å²) in [5.74, 6) is 3.10. The molecule has 1 aliphatic carbocycles. The molecular formula is C20H25N4O2S+. The summed E-state index contributed by atoms with van der Waals surface area (Å²) in [4.78, 5) is 6.67. The van der Waals surface area contributed by atoms with E-state index in [0.717, 1.165) is 60.8 Å². The van der Waals surface area contributed by atoms with Crippen LogP contribution in [0.5, 0.6) is 5.75 Å². The Balaban J connectivity index is 1.58. The van der Waals surface area contributed by atoms with Crippen LogP contribution in [0.15, 0.2) is 36.5 Å². The monoisotopic (exact) mass is 385 g/mol. The van der Waals surface area contributed by atoms with Gasteiger partial charge in [0.15, 0.2) is 0 Å². The Bertz CT molecular complexity index is 882. The summed E-state index contributed by atoms with van der Waals surface area (Å²) in [7, 11) is -0.731. The Morgan fingerprint density at radius 3 is 2.89 bits per heavy atom. The summed E-state index contributed by atoms with van der Waals surface area (Å²) >= 11 is 0. The van der Waals surface area contributed by atoms with Crippen LogP contribution < -0.4 is 20.8 Å².